The third-order valence-electron chi connectivity index (χ3n) is 2.76. The SMILES string of the molecule is CCN(C1CC1)S(=O)(=O)c1cc(CN)oc1Br. The van der Waals surface area contributed by atoms with E-state index in [1.807, 2.05) is 6.92 Å². The molecule has 0 saturated heterocycles. The van der Waals surface area contributed by atoms with Crippen molar-refractivity contribution < 1.29 is 12.8 Å². The first-order valence-electron chi connectivity index (χ1n) is 5.50. The van der Waals surface area contributed by atoms with Crippen molar-refractivity contribution in [1.29, 1.82) is 0 Å². The summed E-state index contributed by atoms with van der Waals surface area (Å²) < 4.78 is 31.8. The van der Waals surface area contributed by atoms with Crippen LogP contribution in [0.15, 0.2) is 20.0 Å². The van der Waals surface area contributed by atoms with E-state index in [1.165, 1.54) is 10.4 Å². The summed E-state index contributed by atoms with van der Waals surface area (Å²) in [5.74, 6) is 0.460. The number of nitrogens with zero attached hydrogens (tertiary/aromatic N) is 1. The van der Waals surface area contributed by atoms with Crippen LogP contribution >= 0.6 is 15.9 Å². The summed E-state index contributed by atoms with van der Waals surface area (Å²) in [7, 11) is -3.47. The van der Waals surface area contributed by atoms with Crippen molar-refractivity contribution in [2.45, 2.75) is 37.2 Å². The third-order valence-corrected chi connectivity index (χ3v) is 5.64. The Kier molecular flexibility index (Phi) is 3.63. The molecular weight excluding hydrogens is 308 g/mol. The zero-order valence-corrected chi connectivity index (χ0v) is 11.9. The lowest BCUT2D eigenvalue weighted by Gasteiger charge is -2.18. The minimum Gasteiger partial charge on any atom is -0.452 e. The number of hydrogen-bond donors (Lipinski definition) is 1. The van der Waals surface area contributed by atoms with Crippen LogP contribution in [0.4, 0.5) is 0 Å². The maximum atomic E-state index is 12.4. The molecule has 1 aliphatic carbocycles. The van der Waals surface area contributed by atoms with Crippen LogP contribution in [-0.4, -0.2) is 25.3 Å². The highest BCUT2D eigenvalue weighted by molar-refractivity contribution is 9.10. The zero-order valence-electron chi connectivity index (χ0n) is 9.52. The van der Waals surface area contributed by atoms with E-state index >= 15 is 0 Å². The minimum absolute atomic E-state index is 0.146. The van der Waals surface area contributed by atoms with Gasteiger partial charge in [-0.25, -0.2) is 8.42 Å². The molecule has 2 N–H and O–H groups in total. The topological polar surface area (TPSA) is 76.5 Å². The van der Waals surface area contributed by atoms with E-state index in [0.717, 1.165) is 12.8 Å². The molecule has 1 aromatic rings. The van der Waals surface area contributed by atoms with Crippen LogP contribution in [-0.2, 0) is 16.6 Å². The molecule has 96 valence electrons. The fourth-order valence-corrected chi connectivity index (χ4v) is 4.44. The van der Waals surface area contributed by atoms with Gasteiger partial charge in [-0.3, -0.25) is 0 Å². The molecule has 2 rings (SSSR count). The number of furan rings is 1. The summed E-state index contributed by atoms with van der Waals surface area (Å²) in [5, 5.41) is 0. The molecule has 1 aromatic heterocycles. The first-order valence-corrected chi connectivity index (χ1v) is 7.74. The van der Waals surface area contributed by atoms with Crippen LogP contribution in [0.5, 0.6) is 0 Å². The number of rotatable bonds is 5. The van der Waals surface area contributed by atoms with Gasteiger partial charge in [-0.15, -0.1) is 0 Å². The highest BCUT2D eigenvalue weighted by atomic mass is 79.9. The van der Waals surface area contributed by atoms with Crippen molar-refractivity contribution in [3.05, 3.63) is 16.5 Å². The molecule has 0 unspecified atom stereocenters. The summed E-state index contributed by atoms with van der Waals surface area (Å²) >= 11 is 3.13. The fourth-order valence-electron chi connectivity index (χ4n) is 1.79. The summed E-state index contributed by atoms with van der Waals surface area (Å²) in [4.78, 5) is 0.173. The molecular formula is C10H15BrN2O3S. The first-order chi connectivity index (χ1) is 8.00. The van der Waals surface area contributed by atoms with Gasteiger partial charge in [0.15, 0.2) is 4.67 Å². The summed E-state index contributed by atoms with van der Waals surface area (Å²) in [6.07, 6.45) is 1.87. The van der Waals surface area contributed by atoms with E-state index in [9.17, 15) is 8.42 Å². The second-order valence-electron chi connectivity index (χ2n) is 3.99. The van der Waals surface area contributed by atoms with Crippen LogP contribution in [0.1, 0.15) is 25.5 Å². The molecule has 0 atom stereocenters. The van der Waals surface area contributed by atoms with Gasteiger partial charge in [0, 0.05) is 18.7 Å². The fraction of sp³-hybridized carbons (Fsp3) is 0.600. The predicted octanol–water partition coefficient (Wildman–Crippen LogP) is 1.67. The molecule has 0 radical (unpaired) electrons. The van der Waals surface area contributed by atoms with Crippen LogP contribution in [0.3, 0.4) is 0 Å². The van der Waals surface area contributed by atoms with Crippen molar-refractivity contribution >= 4 is 26.0 Å². The molecule has 0 spiro atoms. The minimum atomic E-state index is -3.47. The normalized spacial score (nSPS) is 16.7. The van der Waals surface area contributed by atoms with Gasteiger partial charge in [0.1, 0.15) is 10.7 Å². The molecule has 17 heavy (non-hydrogen) atoms. The van der Waals surface area contributed by atoms with Crippen LogP contribution in [0.25, 0.3) is 0 Å². The van der Waals surface area contributed by atoms with Crippen molar-refractivity contribution in [2.75, 3.05) is 6.54 Å². The Hall–Kier alpha value is -0.370. The Morgan fingerprint density at radius 1 is 1.59 bits per heavy atom. The van der Waals surface area contributed by atoms with E-state index in [0.29, 0.717) is 12.3 Å². The maximum Gasteiger partial charge on any atom is 0.247 e. The van der Waals surface area contributed by atoms with Crippen LogP contribution < -0.4 is 5.73 Å². The monoisotopic (exact) mass is 322 g/mol. The molecule has 0 amide bonds. The molecule has 0 bridgehead atoms. The van der Waals surface area contributed by atoms with Crippen molar-refractivity contribution in [1.82, 2.24) is 4.31 Å². The van der Waals surface area contributed by atoms with E-state index < -0.39 is 10.0 Å². The van der Waals surface area contributed by atoms with Gasteiger partial charge in [0.25, 0.3) is 0 Å². The van der Waals surface area contributed by atoms with Crippen molar-refractivity contribution in [2.24, 2.45) is 5.73 Å². The lowest BCUT2D eigenvalue weighted by atomic mass is 10.5. The van der Waals surface area contributed by atoms with E-state index in [-0.39, 0.29) is 22.2 Å². The van der Waals surface area contributed by atoms with Gasteiger partial charge in [0.05, 0.1) is 6.54 Å². The van der Waals surface area contributed by atoms with E-state index in [2.05, 4.69) is 15.9 Å². The largest absolute Gasteiger partial charge is 0.452 e. The van der Waals surface area contributed by atoms with Gasteiger partial charge in [-0.1, -0.05) is 6.92 Å². The lowest BCUT2D eigenvalue weighted by molar-refractivity contribution is 0.418. The molecule has 5 nitrogen and oxygen atoms in total. The average Bonchev–Trinajstić information content (AvgIpc) is 3.01. The number of hydrogen-bond acceptors (Lipinski definition) is 4. The molecule has 1 saturated carbocycles. The Morgan fingerprint density at radius 2 is 2.24 bits per heavy atom. The number of halogens is 1. The van der Waals surface area contributed by atoms with Gasteiger partial charge in [-0.2, -0.15) is 4.31 Å². The second kappa shape index (κ2) is 4.72. The molecule has 1 heterocycles. The summed E-state index contributed by atoms with van der Waals surface area (Å²) in [5.41, 5.74) is 5.43. The standard InChI is InChI=1S/C10H15BrN2O3S/c1-2-13(7-3-4-7)17(14,15)9-5-8(6-12)16-10(9)11/h5,7H,2-4,6,12H2,1H3. The van der Waals surface area contributed by atoms with Crippen molar-refractivity contribution in [3.63, 3.8) is 0 Å². The van der Waals surface area contributed by atoms with E-state index in [4.69, 9.17) is 10.2 Å². The maximum absolute atomic E-state index is 12.4. The zero-order chi connectivity index (χ0) is 12.6. The lowest BCUT2D eigenvalue weighted by Crippen LogP contribution is -2.32. The van der Waals surface area contributed by atoms with Gasteiger partial charge < -0.3 is 10.2 Å². The van der Waals surface area contributed by atoms with E-state index in [1.54, 1.807) is 0 Å². The van der Waals surface area contributed by atoms with Crippen molar-refractivity contribution in [3.8, 4) is 0 Å². The Morgan fingerprint density at radius 3 is 2.65 bits per heavy atom. The van der Waals surface area contributed by atoms with Crippen LogP contribution in [0.2, 0.25) is 0 Å². The molecule has 1 aliphatic rings. The quantitative estimate of drug-likeness (QED) is 0.894. The highest BCUT2D eigenvalue weighted by Crippen LogP contribution is 2.35. The Balaban J connectivity index is 2.39. The molecule has 0 aliphatic heterocycles. The molecule has 7 heteroatoms. The summed E-state index contributed by atoms with van der Waals surface area (Å²) in [6.45, 7) is 2.50. The van der Waals surface area contributed by atoms with Gasteiger partial charge >= 0.3 is 0 Å². The highest BCUT2D eigenvalue weighted by Gasteiger charge is 2.38. The van der Waals surface area contributed by atoms with Gasteiger partial charge in [-0.05, 0) is 28.8 Å². The first kappa shape index (κ1) is 13.1. The van der Waals surface area contributed by atoms with Gasteiger partial charge in [0.2, 0.25) is 10.0 Å². The van der Waals surface area contributed by atoms with Crippen LogP contribution in [0, 0.1) is 0 Å². The third kappa shape index (κ3) is 2.42. The molecule has 1 fully saturated rings. The second-order valence-corrected chi connectivity index (χ2v) is 6.57. The number of sulfonamides is 1. The Bertz CT molecular complexity index is 508. The Labute approximate surface area is 109 Å². The number of nitrogens with two attached hydrogens (primary N) is 1. The average molecular weight is 323 g/mol. The smallest absolute Gasteiger partial charge is 0.247 e. The molecule has 0 aromatic carbocycles. The predicted molar refractivity (Wildman–Crippen MR) is 66.9 cm³/mol. The summed E-state index contributed by atoms with van der Waals surface area (Å²) in [6, 6.07) is 1.64.